The van der Waals surface area contributed by atoms with Crippen LogP contribution in [0.1, 0.15) is 47.2 Å². The highest BCUT2D eigenvalue weighted by molar-refractivity contribution is 5.78. The molecule has 2 atom stereocenters. The molecule has 1 heterocycles. The summed E-state index contributed by atoms with van der Waals surface area (Å²) >= 11 is 0. The summed E-state index contributed by atoms with van der Waals surface area (Å²) in [6.07, 6.45) is 0.582. The zero-order valence-corrected chi connectivity index (χ0v) is 14.8. The average Bonchev–Trinajstić information content (AvgIpc) is 2.61. The molecule has 0 fully saturated rings. The van der Waals surface area contributed by atoms with E-state index in [2.05, 4.69) is 11.4 Å². The third-order valence-corrected chi connectivity index (χ3v) is 4.74. The Hall–Kier alpha value is -2.66. The molecule has 0 unspecified atom stereocenters. The lowest BCUT2D eigenvalue weighted by Gasteiger charge is -2.27. The number of nitrogens with one attached hydrogen (secondary N) is 1. The number of aliphatic carboxylic acids is 1. The van der Waals surface area contributed by atoms with Crippen LogP contribution in [0.3, 0.4) is 0 Å². The van der Waals surface area contributed by atoms with E-state index >= 15 is 0 Å². The fourth-order valence-electron chi connectivity index (χ4n) is 3.46. The van der Waals surface area contributed by atoms with Gasteiger partial charge < -0.3 is 15.2 Å². The van der Waals surface area contributed by atoms with Gasteiger partial charge in [0.2, 0.25) is 5.91 Å². The monoisotopic (exact) mass is 353 g/mol. The van der Waals surface area contributed by atoms with Gasteiger partial charge in [-0.25, -0.2) is 0 Å². The van der Waals surface area contributed by atoms with Crippen molar-refractivity contribution in [2.24, 2.45) is 0 Å². The van der Waals surface area contributed by atoms with Gasteiger partial charge in [0, 0.05) is 0 Å². The number of amides is 1. The summed E-state index contributed by atoms with van der Waals surface area (Å²) in [7, 11) is 0. The molecule has 2 aromatic carbocycles. The van der Waals surface area contributed by atoms with Gasteiger partial charge in [-0.15, -0.1) is 0 Å². The number of carbonyl (C=O) groups is 2. The molecule has 0 spiro atoms. The molecule has 3 rings (SSSR count). The molecule has 0 aliphatic carbocycles. The normalized spacial score (nSPS) is 17.2. The summed E-state index contributed by atoms with van der Waals surface area (Å²) < 4.78 is 5.79. The van der Waals surface area contributed by atoms with E-state index in [-0.39, 0.29) is 24.9 Å². The fourth-order valence-corrected chi connectivity index (χ4v) is 3.46. The number of aryl methyl sites for hydroxylation is 1. The van der Waals surface area contributed by atoms with Crippen molar-refractivity contribution >= 4 is 11.9 Å². The number of rotatable bonds is 6. The predicted molar refractivity (Wildman–Crippen MR) is 97.8 cm³/mol. The molecule has 2 aromatic rings. The molecule has 1 amide bonds. The van der Waals surface area contributed by atoms with Crippen molar-refractivity contribution in [3.8, 4) is 0 Å². The summed E-state index contributed by atoms with van der Waals surface area (Å²) in [5.74, 6) is -1.15. The van der Waals surface area contributed by atoms with Crippen molar-refractivity contribution in [3.63, 3.8) is 0 Å². The Morgan fingerprint density at radius 1 is 1.19 bits per heavy atom. The minimum absolute atomic E-state index is 0.154. The van der Waals surface area contributed by atoms with Crippen molar-refractivity contribution in [2.75, 3.05) is 6.61 Å². The molecular weight excluding hydrogens is 330 g/mol. The second-order valence-electron chi connectivity index (χ2n) is 6.59. The van der Waals surface area contributed by atoms with E-state index in [1.807, 2.05) is 49.4 Å². The lowest BCUT2D eigenvalue weighted by Crippen LogP contribution is -2.32. The third kappa shape index (κ3) is 4.29. The van der Waals surface area contributed by atoms with Gasteiger partial charge in [-0.1, -0.05) is 48.5 Å². The summed E-state index contributed by atoms with van der Waals surface area (Å²) in [5.41, 5.74) is 4.03. The van der Waals surface area contributed by atoms with Crippen LogP contribution < -0.4 is 5.32 Å². The molecular formula is C21H23NO4. The van der Waals surface area contributed by atoms with Crippen molar-refractivity contribution in [1.82, 2.24) is 5.32 Å². The summed E-state index contributed by atoms with van der Waals surface area (Å²) in [4.78, 5) is 23.9. The number of fused-ring (bicyclic) bond motifs is 1. The molecule has 0 radical (unpaired) electrons. The first-order valence-corrected chi connectivity index (χ1v) is 8.80. The van der Waals surface area contributed by atoms with Gasteiger partial charge in [0.15, 0.2) is 0 Å². The van der Waals surface area contributed by atoms with Gasteiger partial charge in [0.1, 0.15) is 0 Å². The van der Waals surface area contributed by atoms with E-state index in [1.165, 1.54) is 5.56 Å². The van der Waals surface area contributed by atoms with Crippen LogP contribution in [0.15, 0.2) is 48.5 Å². The van der Waals surface area contributed by atoms with Crippen LogP contribution in [0.25, 0.3) is 0 Å². The quantitative estimate of drug-likeness (QED) is 0.835. The van der Waals surface area contributed by atoms with Crippen molar-refractivity contribution in [3.05, 3.63) is 70.8 Å². The van der Waals surface area contributed by atoms with Crippen LogP contribution in [0.2, 0.25) is 0 Å². The van der Waals surface area contributed by atoms with Gasteiger partial charge in [0.05, 0.1) is 31.6 Å². The van der Waals surface area contributed by atoms with E-state index in [0.29, 0.717) is 6.61 Å². The minimum Gasteiger partial charge on any atom is -0.481 e. The molecule has 2 N–H and O–H groups in total. The van der Waals surface area contributed by atoms with E-state index in [0.717, 1.165) is 23.1 Å². The zero-order valence-electron chi connectivity index (χ0n) is 14.8. The standard InChI is InChI=1S/C21H23NO4/c1-14-6-2-4-8-16(14)18(12-21(24)25)22-20(23)13-19-17-9-5-3-7-15(17)10-11-26-19/h2-9,18-19H,10-13H2,1H3,(H,22,23)(H,24,25)/t18-,19+/m1/s1. The van der Waals surface area contributed by atoms with Crippen molar-refractivity contribution in [2.45, 2.75) is 38.3 Å². The predicted octanol–water partition coefficient (Wildman–Crippen LogP) is 3.33. The molecule has 1 aliphatic heterocycles. The molecule has 136 valence electrons. The van der Waals surface area contributed by atoms with Crippen LogP contribution in [-0.2, 0) is 20.7 Å². The topological polar surface area (TPSA) is 75.6 Å². The van der Waals surface area contributed by atoms with Gasteiger partial charge in [-0.2, -0.15) is 0 Å². The van der Waals surface area contributed by atoms with E-state index < -0.39 is 12.0 Å². The lowest BCUT2D eigenvalue weighted by molar-refractivity contribution is -0.137. The molecule has 26 heavy (non-hydrogen) atoms. The Morgan fingerprint density at radius 3 is 2.69 bits per heavy atom. The number of hydrogen-bond acceptors (Lipinski definition) is 3. The maximum Gasteiger partial charge on any atom is 0.305 e. The lowest BCUT2D eigenvalue weighted by atomic mass is 9.95. The molecule has 0 saturated carbocycles. The third-order valence-electron chi connectivity index (χ3n) is 4.74. The first-order valence-electron chi connectivity index (χ1n) is 8.80. The number of ether oxygens (including phenoxy) is 1. The van der Waals surface area contributed by atoms with Gasteiger partial charge >= 0.3 is 5.97 Å². The Bertz CT molecular complexity index is 802. The minimum atomic E-state index is -0.946. The first-order chi connectivity index (χ1) is 12.5. The Morgan fingerprint density at radius 2 is 1.92 bits per heavy atom. The summed E-state index contributed by atoms with van der Waals surface area (Å²) in [6.45, 7) is 2.50. The van der Waals surface area contributed by atoms with Gasteiger partial charge in [-0.05, 0) is 35.6 Å². The van der Waals surface area contributed by atoms with Gasteiger partial charge in [-0.3, -0.25) is 9.59 Å². The van der Waals surface area contributed by atoms with E-state index in [1.54, 1.807) is 0 Å². The maximum absolute atomic E-state index is 12.6. The number of benzene rings is 2. The van der Waals surface area contributed by atoms with Crippen LogP contribution in [0, 0.1) is 6.92 Å². The van der Waals surface area contributed by atoms with Crippen LogP contribution in [-0.4, -0.2) is 23.6 Å². The van der Waals surface area contributed by atoms with Crippen molar-refractivity contribution in [1.29, 1.82) is 0 Å². The van der Waals surface area contributed by atoms with Crippen LogP contribution >= 0.6 is 0 Å². The molecule has 5 nitrogen and oxygen atoms in total. The largest absolute Gasteiger partial charge is 0.481 e. The van der Waals surface area contributed by atoms with Crippen LogP contribution in [0.4, 0.5) is 0 Å². The highest BCUT2D eigenvalue weighted by Crippen LogP contribution is 2.30. The number of carbonyl (C=O) groups excluding carboxylic acids is 1. The van der Waals surface area contributed by atoms with Crippen LogP contribution in [0.5, 0.6) is 0 Å². The van der Waals surface area contributed by atoms with E-state index in [9.17, 15) is 14.7 Å². The van der Waals surface area contributed by atoms with E-state index in [4.69, 9.17) is 4.74 Å². The smallest absolute Gasteiger partial charge is 0.305 e. The number of carboxylic acids is 1. The maximum atomic E-state index is 12.6. The molecule has 0 saturated heterocycles. The second kappa shape index (κ2) is 8.15. The second-order valence-corrected chi connectivity index (χ2v) is 6.59. The molecule has 0 bridgehead atoms. The molecule has 0 aromatic heterocycles. The Kier molecular flexibility index (Phi) is 5.68. The SMILES string of the molecule is Cc1ccccc1[C@@H](CC(=O)O)NC(=O)C[C@@H]1OCCc2ccccc21. The average molecular weight is 353 g/mol. The molecule has 5 heteroatoms. The van der Waals surface area contributed by atoms with Gasteiger partial charge in [0.25, 0.3) is 0 Å². The highest BCUT2D eigenvalue weighted by Gasteiger charge is 2.25. The molecule has 1 aliphatic rings. The first kappa shape index (κ1) is 18.1. The van der Waals surface area contributed by atoms with Crippen molar-refractivity contribution < 1.29 is 19.4 Å². The number of carboxylic acid groups (broad SMARTS) is 1. The summed E-state index contributed by atoms with van der Waals surface area (Å²) in [5, 5.41) is 12.1. The Labute approximate surface area is 153 Å². The zero-order chi connectivity index (χ0) is 18.5. The fraction of sp³-hybridized carbons (Fsp3) is 0.333. The summed E-state index contributed by atoms with van der Waals surface area (Å²) in [6, 6.07) is 14.9. The number of hydrogen-bond donors (Lipinski definition) is 2. The highest BCUT2D eigenvalue weighted by atomic mass is 16.5. The Balaban J connectivity index is 1.73.